The highest BCUT2D eigenvalue weighted by Gasteiger charge is 2.39. The number of nitrogens with zero attached hydrogens (tertiary/aromatic N) is 3. The molecule has 9 heteroatoms. The first-order valence-corrected chi connectivity index (χ1v) is 13.6. The standard InChI is InChI=1S/C28H30N4O4S/c33-25(21-10-4-5-11-21)30-22-12-6-13-23(18-22)32(27-29-15-17-37-27)26(34)24-14-7-16-31(24)28(35)36-19-20-8-2-1-3-9-20/h1-3,6,8-9,12-13,15,17-18,21,24H,4-5,7,10-11,14,16,19H2,(H,30,33). The normalized spacial score (nSPS) is 17.5. The van der Waals surface area contributed by atoms with Crippen LogP contribution in [0.3, 0.4) is 0 Å². The summed E-state index contributed by atoms with van der Waals surface area (Å²) in [7, 11) is 0. The summed E-state index contributed by atoms with van der Waals surface area (Å²) in [6, 6.07) is 16.1. The smallest absolute Gasteiger partial charge is 0.410 e. The fourth-order valence-corrected chi connectivity index (χ4v) is 5.67. The van der Waals surface area contributed by atoms with E-state index < -0.39 is 12.1 Å². The molecule has 2 heterocycles. The van der Waals surface area contributed by atoms with E-state index in [4.69, 9.17) is 4.74 Å². The molecular weight excluding hydrogens is 488 g/mol. The van der Waals surface area contributed by atoms with Gasteiger partial charge in [-0.1, -0.05) is 49.2 Å². The highest BCUT2D eigenvalue weighted by Crippen LogP contribution is 2.33. The molecule has 3 aromatic rings. The van der Waals surface area contributed by atoms with E-state index in [1.54, 1.807) is 17.2 Å². The van der Waals surface area contributed by atoms with Gasteiger partial charge in [-0.3, -0.25) is 19.4 Å². The fourth-order valence-electron chi connectivity index (χ4n) is 5.01. The van der Waals surface area contributed by atoms with E-state index in [-0.39, 0.29) is 24.3 Å². The lowest BCUT2D eigenvalue weighted by molar-refractivity contribution is -0.122. The zero-order valence-corrected chi connectivity index (χ0v) is 21.4. The highest BCUT2D eigenvalue weighted by molar-refractivity contribution is 7.13. The summed E-state index contributed by atoms with van der Waals surface area (Å²) in [4.78, 5) is 47.0. The van der Waals surface area contributed by atoms with Crippen molar-refractivity contribution in [1.29, 1.82) is 0 Å². The van der Waals surface area contributed by atoms with Gasteiger partial charge in [-0.15, -0.1) is 11.3 Å². The van der Waals surface area contributed by atoms with E-state index in [2.05, 4.69) is 10.3 Å². The lowest BCUT2D eigenvalue weighted by atomic mass is 10.1. The van der Waals surface area contributed by atoms with Crippen LogP contribution in [0.2, 0.25) is 0 Å². The monoisotopic (exact) mass is 518 g/mol. The molecule has 3 amide bonds. The SMILES string of the molecule is O=C(Nc1cccc(N(C(=O)C2CCCN2C(=O)OCc2ccccc2)c2nccs2)c1)C1CCCC1. The Morgan fingerprint density at radius 3 is 2.59 bits per heavy atom. The molecule has 1 atom stereocenters. The molecule has 192 valence electrons. The number of nitrogens with one attached hydrogen (secondary N) is 1. The van der Waals surface area contributed by atoms with Gasteiger partial charge in [0.15, 0.2) is 5.13 Å². The summed E-state index contributed by atoms with van der Waals surface area (Å²) < 4.78 is 5.54. The van der Waals surface area contributed by atoms with E-state index in [9.17, 15) is 14.4 Å². The molecule has 0 bridgehead atoms. The molecule has 1 aromatic heterocycles. The lowest BCUT2D eigenvalue weighted by Crippen LogP contribution is -2.46. The van der Waals surface area contributed by atoms with Crippen LogP contribution >= 0.6 is 11.3 Å². The Labute approximate surface area is 220 Å². The molecule has 2 aliphatic rings. The van der Waals surface area contributed by atoms with Crippen LogP contribution in [0.1, 0.15) is 44.1 Å². The van der Waals surface area contributed by atoms with Gasteiger partial charge >= 0.3 is 6.09 Å². The largest absolute Gasteiger partial charge is 0.445 e. The van der Waals surface area contributed by atoms with Gasteiger partial charge in [-0.2, -0.15) is 0 Å². The zero-order valence-electron chi connectivity index (χ0n) is 20.5. The third kappa shape index (κ3) is 5.83. The van der Waals surface area contributed by atoms with E-state index in [0.29, 0.717) is 35.9 Å². The third-order valence-electron chi connectivity index (χ3n) is 6.91. The maximum absolute atomic E-state index is 13.9. The van der Waals surface area contributed by atoms with Gasteiger partial charge in [0.05, 0.1) is 5.69 Å². The van der Waals surface area contributed by atoms with Gasteiger partial charge in [-0.05, 0) is 49.4 Å². The number of aromatic nitrogens is 1. The number of rotatable bonds is 7. The van der Waals surface area contributed by atoms with E-state index in [1.807, 2.05) is 53.9 Å². The third-order valence-corrected chi connectivity index (χ3v) is 7.66. The van der Waals surface area contributed by atoms with Crippen LogP contribution in [0, 0.1) is 5.92 Å². The second-order valence-corrected chi connectivity index (χ2v) is 10.3. The van der Waals surface area contributed by atoms with E-state index in [0.717, 1.165) is 31.2 Å². The topological polar surface area (TPSA) is 91.8 Å². The molecule has 8 nitrogen and oxygen atoms in total. The molecular formula is C28H30N4O4S. The highest BCUT2D eigenvalue weighted by atomic mass is 32.1. The van der Waals surface area contributed by atoms with Crippen molar-refractivity contribution in [3.05, 3.63) is 71.7 Å². The number of amides is 3. The van der Waals surface area contributed by atoms with Crippen LogP contribution in [0.4, 0.5) is 21.3 Å². The number of thiazole rings is 1. The molecule has 2 aromatic carbocycles. The first kappa shape index (κ1) is 25.0. The van der Waals surface area contributed by atoms with Gasteiger partial charge in [0.1, 0.15) is 12.6 Å². The minimum absolute atomic E-state index is 0.0184. The van der Waals surface area contributed by atoms with Gasteiger partial charge < -0.3 is 10.1 Å². The average Bonchev–Trinajstić information content (AvgIpc) is 3.71. The molecule has 5 rings (SSSR count). The number of carbonyl (C=O) groups excluding carboxylic acids is 3. The second-order valence-electron chi connectivity index (χ2n) is 9.40. The minimum Gasteiger partial charge on any atom is -0.445 e. The molecule has 1 aliphatic carbocycles. The number of likely N-dealkylation sites (tertiary alicyclic amines) is 1. The Kier molecular flexibility index (Phi) is 7.79. The van der Waals surface area contributed by atoms with Crippen LogP contribution in [0.5, 0.6) is 0 Å². The van der Waals surface area contributed by atoms with Crippen LogP contribution in [0.15, 0.2) is 66.2 Å². The predicted molar refractivity (Wildman–Crippen MR) is 143 cm³/mol. The Morgan fingerprint density at radius 1 is 1.03 bits per heavy atom. The van der Waals surface area contributed by atoms with Crippen molar-refractivity contribution in [3.63, 3.8) is 0 Å². The van der Waals surface area contributed by atoms with Crippen LogP contribution in [0.25, 0.3) is 0 Å². The van der Waals surface area contributed by atoms with Crippen molar-refractivity contribution >= 4 is 45.8 Å². The van der Waals surface area contributed by atoms with Crippen molar-refractivity contribution in [1.82, 2.24) is 9.88 Å². The number of ether oxygens (including phenoxy) is 1. The summed E-state index contributed by atoms with van der Waals surface area (Å²) in [6.07, 6.45) is 6.37. The quantitative estimate of drug-likeness (QED) is 0.431. The first-order chi connectivity index (χ1) is 18.1. The molecule has 0 spiro atoms. The molecule has 2 fully saturated rings. The van der Waals surface area contributed by atoms with Crippen molar-refractivity contribution in [2.24, 2.45) is 5.92 Å². The maximum Gasteiger partial charge on any atom is 0.410 e. The molecule has 1 saturated heterocycles. The first-order valence-electron chi connectivity index (χ1n) is 12.7. The summed E-state index contributed by atoms with van der Waals surface area (Å²) >= 11 is 1.34. The van der Waals surface area contributed by atoms with E-state index in [1.165, 1.54) is 16.2 Å². The van der Waals surface area contributed by atoms with Crippen molar-refractivity contribution in [2.45, 2.75) is 51.2 Å². The average molecular weight is 519 g/mol. The van der Waals surface area contributed by atoms with Crippen LogP contribution in [-0.4, -0.2) is 40.4 Å². The van der Waals surface area contributed by atoms with Gasteiger partial charge in [0.25, 0.3) is 5.91 Å². The Bertz CT molecular complexity index is 1230. The van der Waals surface area contributed by atoms with Gasteiger partial charge in [0, 0.05) is 29.7 Å². The van der Waals surface area contributed by atoms with Crippen molar-refractivity contribution < 1.29 is 19.1 Å². The summed E-state index contributed by atoms with van der Waals surface area (Å²) in [5.74, 6) is -0.192. The Morgan fingerprint density at radius 2 is 1.84 bits per heavy atom. The lowest BCUT2D eigenvalue weighted by Gasteiger charge is -2.29. The second kappa shape index (κ2) is 11.6. The molecule has 1 saturated carbocycles. The summed E-state index contributed by atoms with van der Waals surface area (Å²) in [5.41, 5.74) is 2.11. The number of anilines is 3. The van der Waals surface area contributed by atoms with Gasteiger partial charge in [0.2, 0.25) is 5.91 Å². The molecule has 1 unspecified atom stereocenters. The zero-order chi connectivity index (χ0) is 25.6. The number of hydrogen-bond acceptors (Lipinski definition) is 6. The fraction of sp³-hybridized carbons (Fsp3) is 0.357. The summed E-state index contributed by atoms with van der Waals surface area (Å²) in [6.45, 7) is 0.600. The molecule has 37 heavy (non-hydrogen) atoms. The molecule has 0 radical (unpaired) electrons. The van der Waals surface area contributed by atoms with Crippen molar-refractivity contribution in [2.75, 3.05) is 16.8 Å². The minimum atomic E-state index is -0.663. The molecule has 1 aliphatic heterocycles. The Hall–Kier alpha value is -3.72. The summed E-state index contributed by atoms with van der Waals surface area (Å²) in [5, 5.41) is 5.33. The van der Waals surface area contributed by atoms with Crippen LogP contribution < -0.4 is 10.2 Å². The van der Waals surface area contributed by atoms with Gasteiger partial charge in [-0.25, -0.2) is 9.78 Å². The van der Waals surface area contributed by atoms with E-state index >= 15 is 0 Å². The predicted octanol–water partition coefficient (Wildman–Crippen LogP) is 5.74. The Balaban J connectivity index is 1.34. The maximum atomic E-state index is 13.9. The number of hydrogen-bond donors (Lipinski definition) is 1. The number of benzene rings is 2. The van der Waals surface area contributed by atoms with Crippen molar-refractivity contribution in [3.8, 4) is 0 Å². The molecule has 1 N–H and O–H groups in total. The van der Waals surface area contributed by atoms with Crippen LogP contribution in [-0.2, 0) is 20.9 Å². The number of carbonyl (C=O) groups is 3.